The van der Waals surface area contributed by atoms with Crippen LogP contribution in [0, 0.1) is 5.92 Å². The summed E-state index contributed by atoms with van der Waals surface area (Å²) in [7, 11) is 1.52. The maximum absolute atomic E-state index is 13.0. The van der Waals surface area contributed by atoms with Gasteiger partial charge in [-0.2, -0.15) is 0 Å². The normalized spacial score (nSPS) is 19.1. The van der Waals surface area contributed by atoms with Gasteiger partial charge in [0.25, 0.3) is 0 Å². The van der Waals surface area contributed by atoms with Crippen LogP contribution in [-0.2, 0) is 4.79 Å². The van der Waals surface area contributed by atoms with E-state index in [4.69, 9.17) is 27.9 Å². The molecule has 8 heteroatoms. The number of halogens is 2. The van der Waals surface area contributed by atoms with Gasteiger partial charge in [0.2, 0.25) is 5.91 Å². The van der Waals surface area contributed by atoms with Crippen molar-refractivity contribution >= 4 is 40.8 Å². The molecule has 0 radical (unpaired) electrons. The molecule has 0 bridgehead atoms. The monoisotopic (exact) mass is 405 g/mol. The fraction of sp³-hybridized carbons (Fsp3) is 0.158. The van der Waals surface area contributed by atoms with E-state index in [0.29, 0.717) is 27.0 Å². The number of carbonyl (C=O) groups excluding carboxylic acids is 2. The molecule has 2 aromatic rings. The molecule has 0 aromatic heterocycles. The number of anilines is 1. The van der Waals surface area contributed by atoms with Gasteiger partial charge in [-0.1, -0.05) is 48.0 Å². The number of rotatable bonds is 4. The molecule has 27 heavy (non-hydrogen) atoms. The number of carbonyl (C=O) groups is 2. The Bertz CT molecular complexity index is 917. The lowest BCUT2D eigenvalue weighted by atomic mass is 9.88. The van der Waals surface area contributed by atoms with Gasteiger partial charge in [0, 0.05) is 5.70 Å². The molecule has 2 aromatic carbocycles. The van der Waals surface area contributed by atoms with Crippen molar-refractivity contribution in [3.8, 4) is 5.75 Å². The highest BCUT2D eigenvalue weighted by molar-refractivity contribution is 6.42. The van der Waals surface area contributed by atoms with Crippen LogP contribution in [0.3, 0.4) is 0 Å². The van der Waals surface area contributed by atoms with Crippen LogP contribution >= 0.6 is 23.2 Å². The summed E-state index contributed by atoms with van der Waals surface area (Å²) >= 11 is 12.1. The van der Waals surface area contributed by atoms with Gasteiger partial charge in [-0.3, -0.25) is 4.79 Å². The molecule has 1 aliphatic heterocycles. The minimum Gasteiger partial charge on any atom is -0.495 e. The van der Waals surface area contributed by atoms with Crippen molar-refractivity contribution in [1.29, 1.82) is 0 Å². The number of nitrogens with one attached hydrogen (secondary N) is 3. The fourth-order valence-electron chi connectivity index (χ4n) is 2.94. The first-order valence-electron chi connectivity index (χ1n) is 8.06. The maximum atomic E-state index is 13.0. The maximum Gasteiger partial charge on any atom is 0.319 e. The Kier molecular flexibility index (Phi) is 5.58. The number of hydrogen-bond donors (Lipinski definition) is 3. The molecule has 3 rings (SSSR count). The second-order valence-electron chi connectivity index (χ2n) is 5.94. The minimum atomic E-state index is -0.773. The molecule has 0 saturated carbocycles. The van der Waals surface area contributed by atoms with Gasteiger partial charge in [0.1, 0.15) is 11.7 Å². The molecule has 0 aliphatic carbocycles. The van der Waals surface area contributed by atoms with E-state index in [2.05, 4.69) is 22.5 Å². The highest BCUT2D eigenvalue weighted by Crippen LogP contribution is 2.34. The summed E-state index contributed by atoms with van der Waals surface area (Å²) in [5, 5.41) is 8.85. The van der Waals surface area contributed by atoms with Crippen LogP contribution in [0.15, 0.2) is 54.7 Å². The first-order chi connectivity index (χ1) is 12.9. The smallest absolute Gasteiger partial charge is 0.319 e. The number of urea groups is 1. The second kappa shape index (κ2) is 7.90. The lowest BCUT2D eigenvalue weighted by Crippen LogP contribution is -2.51. The van der Waals surface area contributed by atoms with Crippen molar-refractivity contribution in [2.24, 2.45) is 5.92 Å². The third-order valence-electron chi connectivity index (χ3n) is 4.22. The van der Waals surface area contributed by atoms with Gasteiger partial charge in [-0.05, 0) is 29.8 Å². The summed E-state index contributed by atoms with van der Waals surface area (Å²) in [5.41, 5.74) is 1.44. The standard InChI is InChI=1S/C19H17Cl2N3O3/c1-10-16(18(25)23-14-5-3-4-6-15(14)27-2)17(24-19(26)22-10)11-7-8-12(20)13(21)9-11/h3-9,16-17H,1H2,2H3,(H,23,25)(H2,22,24,26)/t16-,17+/m0/s1. The number of hydrogen-bond acceptors (Lipinski definition) is 3. The molecular formula is C19H17Cl2N3O3. The van der Waals surface area contributed by atoms with E-state index in [-0.39, 0.29) is 11.6 Å². The first kappa shape index (κ1) is 19.1. The SMILES string of the molecule is C=C1NC(=O)N[C@H](c2ccc(Cl)c(Cl)c2)[C@H]1C(=O)Nc1ccccc1OC. The van der Waals surface area contributed by atoms with Crippen LogP contribution in [0.25, 0.3) is 0 Å². The average Bonchev–Trinajstić information content (AvgIpc) is 2.63. The summed E-state index contributed by atoms with van der Waals surface area (Å²) in [6.45, 7) is 3.84. The molecule has 0 unspecified atom stereocenters. The van der Waals surface area contributed by atoms with Gasteiger partial charge in [0.15, 0.2) is 0 Å². The molecule has 2 atom stereocenters. The number of ether oxygens (including phenoxy) is 1. The molecule has 6 nitrogen and oxygen atoms in total. The summed E-state index contributed by atoms with van der Waals surface area (Å²) in [5.74, 6) is -0.603. The Balaban J connectivity index is 1.93. The highest BCUT2D eigenvalue weighted by atomic mass is 35.5. The van der Waals surface area contributed by atoms with E-state index in [1.807, 2.05) is 0 Å². The van der Waals surface area contributed by atoms with Gasteiger partial charge >= 0.3 is 6.03 Å². The third kappa shape index (κ3) is 4.02. The number of methoxy groups -OCH3 is 1. The Morgan fingerprint density at radius 2 is 1.93 bits per heavy atom. The Morgan fingerprint density at radius 1 is 1.19 bits per heavy atom. The van der Waals surface area contributed by atoms with Gasteiger partial charge in [0.05, 0.1) is 28.9 Å². The van der Waals surface area contributed by atoms with E-state index in [1.165, 1.54) is 7.11 Å². The van der Waals surface area contributed by atoms with Crippen molar-refractivity contribution in [3.63, 3.8) is 0 Å². The van der Waals surface area contributed by atoms with Crippen LogP contribution in [0.4, 0.5) is 10.5 Å². The van der Waals surface area contributed by atoms with Gasteiger partial charge < -0.3 is 20.7 Å². The van der Waals surface area contributed by atoms with Crippen LogP contribution in [0.1, 0.15) is 11.6 Å². The predicted octanol–water partition coefficient (Wildman–Crippen LogP) is 4.12. The van der Waals surface area contributed by atoms with Gasteiger partial charge in [-0.25, -0.2) is 4.79 Å². The zero-order valence-corrected chi connectivity index (χ0v) is 15.9. The van der Waals surface area contributed by atoms with Crippen LogP contribution in [0.5, 0.6) is 5.75 Å². The lowest BCUT2D eigenvalue weighted by molar-refractivity contribution is -0.119. The highest BCUT2D eigenvalue weighted by Gasteiger charge is 2.38. The van der Waals surface area contributed by atoms with E-state index < -0.39 is 18.0 Å². The van der Waals surface area contributed by atoms with Crippen molar-refractivity contribution in [2.45, 2.75) is 6.04 Å². The first-order valence-corrected chi connectivity index (χ1v) is 8.81. The molecule has 1 fully saturated rings. The lowest BCUT2D eigenvalue weighted by Gasteiger charge is -2.34. The summed E-state index contributed by atoms with van der Waals surface area (Å²) in [6.07, 6.45) is 0. The predicted molar refractivity (Wildman–Crippen MR) is 105 cm³/mol. The van der Waals surface area contributed by atoms with Crippen molar-refractivity contribution < 1.29 is 14.3 Å². The van der Waals surface area contributed by atoms with Crippen molar-refractivity contribution in [3.05, 3.63) is 70.3 Å². The van der Waals surface area contributed by atoms with Crippen LogP contribution < -0.4 is 20.7 Å². The summed E-state index contributed by atoms with van der Waals surface area (Å²) in [4.78, 5) is 25.0. The third-order valence-corrected chi connectivity index (χ3v) is 4.96. The average molecular weight is 406 g/mol. The zero-order valence-electron chi connectivity index (χ0n) is 14.4. The number of amides is 3. The molecule has 1 aliphatic rings. The Labute approximate surface area is 166 Å². The summed E-state index contributed by atoms with van der Waals surface area (Å²) < 4.78 is 5.26. The van der Waals surface area contributed by atoms with Gasteiger partial charge in [-0.15, -0.1) is 0 Å². The molecule has 3 N–H and O–H groups in total. The molecule has 1 saturated heterocycles. The number of para-hydroxylation sites is 2. The molecule has 140 valence electrons. The second-order valence-corrected chi connectivity index (χ2v) is 6.76. The molecule has 3 amide bonds. The van der Waals surface area contributed by atoms with Crippen molar-refractivity contribution in [1.82, 2.24) is 10.6 Å². The summed E-state index contributed by atoms with van der Waals surface area (Å²) in [6, 6.07) is 10.9. The zero-order chi connectivity index (χ0) is 19.6. The van der Waals surface area contributed by atoms with E-state index >= 15 is 0 Å². The van der Waals surface area contributed by atoms with Crippen LogP contribution in [0.2, 0.25) is 10.0 Å². The van der Waals surface area contributed by atoms with E-state index in [9.17, 15) is 9.59 Å². The van der Waals surface area contributed by atoms with E-state index in [0.717, 1.165) is 0 Å². The molecular weight excluding hydrogens is 389 g/mol. The Hall–Kier alpha value is -2.70. The molecule has 0 spiro atoms. The topological polar surface area (TPSA) is 79.5 Å². The largest absolute Gasteiger partial charge is 0.495 e. The minimum absolute atomic E-state index is 0.280. The van der Waals surface area contributed by atoms with Crippen molar-refractivity contribution in [2.75, 3.05) is 12.4 Å². The Morgan fingerprint density at radius 3 is 2.63 bits per heavy atom. The van der Waals surface area contributed by atoms with Crippen LogP contribution in [-0.4, -0.2) is 19.0 Å². The quantitative estimate of drug-likeness (QED) is 0.715. The van der Waals surface area contributed by atoms with E-state index in [1.54, 1.807) is 42.5 Å². The number of benzene rings is 2. The fourth-order valence-corrected chi connectivity index (χ4v) is 3.24. The molecule has 1 heterocycles.